The van der Waals surface area contributed by atoms with Crippen LogP contribution in [0.3, 0.4) is 0 Å². The maximum absolute atomic E-state index is 14.0. The molecule has 4 aromatic rings. The zero-order chi connectivity index (χ0) is 38.0. The van der Waals surface area contributed by atoms with Crippen molar-refractivity contribution in [3.63, 3.8) is 0 Å². The third kappa shape index (κ3) is 9.12. The summed E-state index contributed by atoms with van der Waals surface area (Å²) in [7, 11) is 1.64. The molecule has 0 aromatic carbocycles. The lowest BCUT2D eigenvalue weighted by Crippen LogP contribution is -2.45. The molecule has 0 amide bonds. The van der Waals surface area contributed by atoms with Crippen molar-refractivity contribution in [3.8, 4) is 11.8 Å². The Bertz CT molecular complexity index is 1900. The van der Waals surface area contributed by atoms with Crippen molar-refractivity contribution in [2.45, 2.75) is 108 Å². The predicted molar refractivity (Wildman–Crippen MR) is 196 cm³/mol. The number of methoxy groups -OCH3 is 1. The largest absolute Gasteiger partial charge is 0.382 e. The Morgan fingerprint density at radius 2 is 1.50 bits per heavy atom. The van der Waals surface area contributed by atoms with Crippen molar-refractivity contribution < 1.29 is 27.0 Å². The van der Waals surface area contributed by atoms with Crippen LogP contribution in [-0.2, 0) is 22.4 Å². The number of alkyl halides is 4. The summed E-state index contributed by atoms with van der Waals surface area (Å²) in [6.45, 7) is 6.24. The third-order valence-electron chi connectivity index (χ3n) is 10.4. The minimum Gasteiger partial charge on any atom is -0.382 e. The van der Waals surface area contributed by atoms with Gasteiger partial charge in [0.25, 0.3) is 5.95 Å². The van der Waals surface area contributed by atoms with E-state index in [1.807, 2.05) is 44.2 Å². The van der Waals surface area contributed by atoms with Gasteiger partial charge >= 0.3 is 0 Å². The van der Waals surface area contributed by atoms with Gasteiger partial charge in [0, 0.05) is 82.7 Å². The second-order valence-electron chi connectivity index (χ2n) is 14.8. The molecule has 3 aliphatic rings. The van der Waals surface area contributed by atoms with Gasteiger partial charge in [0.05, 0.1) is 36.4 Å². The van der Waals surface area contributed by atoms with Gasteiger partial charge in [-0.1, -0.05) is 0 Å². The summed E-state index contributed by atoms with van der Waals surface area (Å²) in [6.07, 6.45) is 1.04. The molecule has 0 spiro atoms. The Morgan fingerprint density at radius 1 is 0.833 bits per heavy atom. The first-order chi connectivity index (χ1) is 25.8. The van der Waals surface area contributed by atoms with Crippen LogP contribution in [-0.4, -0.2) is 98.0 Å². The normalized spacial score (nSPS) is 20.7. The number of halogens is 4. The molecule has 2 aliphatic carbocycles. The highest BCUT2D eigenvalue weighted by Crippen LogP contribution is 2.36. The van der Waals surface area contributed by atoms with E-state index in [2.05, 4.69) is 15.5 Å². The molecule has 1 aliphatic heterocycles. The maximum Gasteiger partial charge on any atom is 0.254 e. The Hall–Kier alpha value is -4.35. The van der Waals surface area contributed by atoms with E-state index >= 15 is 0 Å². The number of hydrogen-bond acceptors (Lipinski definition) is 11. The molecule has 4 aromatic heterocycles. The Balaban J connectivity index is 1.15. The molecule has 4 N–H and O–H groups in total. The van der Waals surface area contributed by atoms with Gasteiger partial charge in [-0.15, -0.1) is 0 Å². The Kier molecular flexibility index (Phi) is 11.1. The lowest BCUT2D eigenvalue weighted by Gasteiger charge is -2.34. The first-order valence-electron chi connectivity index (χ1n) is 18.7. The molecule has 292 valence electrons. The van der Waals surface area contributed by atoms with Gasteiger partial charge in [0.15, 0.2) is 5.82 Å². The van der Waals surface area contributed by atoms with E-state index in [-0.39, 0.29) is 50.4 Å². The second-order valence-corrected chi connectivity index (χ2v) is 14.8. The topological polar surface area (TPSA) is 146 Å². The standard InChI is InChI=1S/C37H49F4N11O2/c1-23-14-29(52(48-23)34-17-25(20-42)16-31(45-34)43-26-4-8-36(38,39)9-5-26)18-28-15-24(2)51(49-28)35-46-32(44-27-6-10-37(40,41)11-7-27)19-33(47-35)50-12-13-54-30(21-50)22-53-3/h14-17,19,26-27,30H,4-13,18,20-22,42H2,1-3H3,(H,43,45)(H,44,46,47). The highest BCUT2D eigenvalue weighted by Gasteiger charge is 2.36. The molecule has 1 unspecified atom stereocenters. The Labute approximate surface area is 312 Å². The number of aromatic nitrogens is 7. The van der Waals surface area contributed by atoms with Gasteiger partial charge in [-0.25, -0.2) is 31.9 Å². The molecule has 7 rings (SSSR count). The Morgan fingerprint density at radius 3 is 2.15 bits per heavy atom. The predicted octanol–water partition coefficient (Wildman–Crippen LogP) is 5.74. The summed E-state index contributed by atoms with van der Waals surface area (Å²) in [5, 5.41) is 16.5. The molecule has 1 atom stereocenters. The van der Waals surface area contributed by atoms with E-state index < -0.39 is 11.8 Å². The lowest BCUT2D eigenvalue weighted by atomic mass is 9.92. The summed E-state index contributed by atoms with van der Waals surface area (Å²) in [6, 6.07) is 9.29. The van der Waals surface area contributed by atoms with Crippen molar-refractivity contribution >= 4 is 17.5 Å². The van der Waals surface area contributed by atoms with Gasteiger partial charge in [0.1, 0.15) is 17.5 Å². The van der Waals surface area contributed by atoms with E-state index in [4.69, 9.17) is 40.4 Å². The van der Waals surface area contributed by atoms with Crippen LogP contribution in [0.5, 0.6) is 0 Å². The highest BCUT2D eigenvalue weighted by atomic mass is 19.3. The van der Waals surface area contributed by atoms with E-state index in [9.17, 15) is 17.6 Å². The molecule has 1 saturated heterocycles. The van der Waals surface area contributed by atoms with Crippen LogP contribution in [0.4, 0.5) is 35.0 Å². The van der Waals surface area contributed by atoms with Crippen molar-refractivity contribution in [3.05, 3.63) is 58.7 Å². The van der Waals surface area contributed by atoms with Crippen LogP contribution >= 0.6 is 0 Å². The average molecular weight is 756 g/mol. The molecule has 17 heteroatoms. The SMILES string of the molecule is COCC1CN(c2cc(NC3CCC(F)(F)CC3)nc(-n3nc(Cc4cc(C)nn4-c4cc(CN)cc(NC5CCC(F)(F)CC5)n4)cc3C)n2)CCO1. The summed E-state index contributed by atoms with van der Waals surface area (Å²) in [5.74, 6) is -2.55. The number of pyridine rings is 1. The zero-order valence-corrected chi connectivity index (χ0v) is 31.0. The number of nitrogens with zero attached hydrogens (tertiary/aromatic N) is 8. The quantitative estimate of drug-likeness (QED) is 0.152. The number of nitrogens with one attached hydrogen (secondary N) is 2. The number of anilines is 3. The smallest absolute Gasteiger partial charge is 0.254 e. The van der Waals surface area contributed by atoms with Gasteiger partial charge in [-0.2, -0.15) is 20.2 Å². The third-order valence-corrected chi connectivity index (χ3v) is 10.4. The summed E-state index contributed by atoms with van der Waals surface area (Å²) >= 11 is 0. The number of morpholine rings is 1. The molecule has 0 bridgehead atoms. The van der Waals surface area contributed by atoms with Crippen LogP contribution in [0.15, 0.2) is 30.3 Å². The summed E-state index contributed by atoms with van der Waals surface area (Å²) in [5.41, 5.74) is 10.1. The van der Waals surface area contributed by atoms with E-state index in [1.54, 1.807) is 16.5 Å². The fourth-order valence-corrected chi connectivity index (χ4v) is 7.52. The van der Waals surface area contributed by atoms with Crippen molar-refractivity contribution in [1.29, 1.82) is 0 Å². The number of hydrogen-bond donors (Lipinski definition) is 3. The first kappa shape index (κ1) is 37.9. The molecule has 2 saturated carbocycles. The minimum absolute atomic E-state index is 0.109. The van der Waals surface area contributed by atoms with Gasteiger partial charge < -0.3 is 30.7 Å². The van der Waals surface area contributed by atoms with E-state index in [0.29, 0.717) is 87.6 Å². The van der Waals surface area contributed by atoms with Crippen LogP contribution in [0.1, 0.15) is 79.7 Å². The average Bonchev–Trinajstić information content (AvgIpc) is 3.70. The molecule has 0 radical (unpaired) electrons. The highest BCUT2D eigenvalue weighted by molar-refractivity contribution is 5.53. The van der Waals surface area contributed by atoms with Crippen LogP contribution < -0.4 is 21.3 Å². The minimum atomic E-state index is -2.64. The van der Waals surface area contributed by atoms with Gasteiger partial charge in [-0.05, 0) is 69.4 Å². The number of aryl methyl sites for hydroxylation is 2. The first-order valence-corrected chi connectivity index (χ1v) is 18.7. The van der Waals surface area contributed by atoms with Crippen LogP contribution in [0.25, 0.3) is 11.8 Å². The summed E-state index contributed by atoms with van der Waals surface area (Å²) < 4.78 is 70.2. The zero-order valence-electron chi connectivity index (χ0n) is 31.0. The maximum atomic E-state index is 14.0. The van der Waals surface area contributed by atoms with E-state index in [0.717, 1.165) is 28.3 Å². The van der Waals surface area contributed by atoms with Gasteiger partial charge in [0.2, 0.25) is 11.8 Å². The number of ether oxygens (including phenoxy) is 2. The molecule has 13 nitrogen and oxygen atoms in total. The van der Waals surface area contributed by atoms with Gasteiger partial charge in [-0.3, -0.25) is 0 Å². The molecule has 5 heterocycles. The monoisotopic (exact) mass is 755 g/mol. The molecular formula is C37H49F4N11O2. The second kappa shape index (κ2) is 15.8. The molecular weight excluding hydrogens is 706 g/mol. The number of rotatable bonds is 12. The van der Waals surface area contributed by atoms with Crippen molar-refractivity contribution in [1.82, 2.24) is 34.5 Å². The fraction of sp³-hybridized carbons (Fsp3) is 0.595. The van der Waals surface area contributed by atoms with Crippen molar-refractivity contribution in [2.24, 2.45) is 5.73 Å². The fourth-order valence-electron chi connectivity index (χ4n) is 7.52. The van der Waals surface area contributed by atoms with Crippen molar-refractivity contribution in [2.75, 3.05) is 48.9 Å². The molecule has 54 heavy (non-hydrogen) atoms. The molecule has 3 fully saturated rings. The lowest BCUT2D eigenvalue weighted by molar-refractivity contribution is -0.0366. The van der Waals surface area contributed by atoms with E-state index in [1.165, 1.54) is 0 Å². The van der Waals surface area contributed by atoms with Crippen LogP contribution in [0, 0.1) is 13.8 Å². The number of nitrogens with two attached hydrogens (primary N) is 1. The van der Waals surface area contributed by atoms with Crippen LogP contribution in [0.2, 0.25) is 0 Å². The summed E-state index contributed by atoms with van der Waals surface area (Å²) in [4.78, 5) is 16.7.